The summed E-state index contributed by atoms with van der Waals surface area (Å²) in [4.78, 5) is 0. The van der Waals surface area contributed by atoms with Crippen molar-refractivity contribution in [2.45, 2.75) is 5.51 Å². The van der Waals surface area contributed by atoms with Crippen molar-refractivity contribution in [2.24, 2.45) is 0 Å². The first-order valence-electron chi connectivity index (χ1n) is 2.24. The van der Waals surface area contributed by atoms with Crippen molar-refractivity contribution < 1.29 is 41.9 Å². The molecule has 0 amide bonds. The van der Waals surface area contributed by atoms with E-state index in [9.17, 15) is 21.6 Å². The monoisotopic (exact) mass is 196 g/mol. The van der Waals surface area contributed by atoms with Crippen molar-refractivity contribution in [1.82, 2.24) is 4.72 Å². The molecule has 0 bridgehead atoms. The molecule has 0 saturated heterocycles. The Morgan fingerprint density at radius 3 is 2.17 bits per heavy atom. The molecule has 0 saturated carbocycles. The minimum Gasteiger partial charge on any atom is -1.00 e. The maximum atomic E-state index is 11.4. The van der Waals surface area contributed by atoms with Gasteiger partial charge in [0, 0.05) is 0 Å². The number of hydrogen-bond acceptors (Lipinski definition) is 3. The molecule has 0 aromatic carbocycles. The maximum absolute atomic E-state index is 11.4. The molecule has 66 valence electrons. The first-order valence-corrected chi connectivity index (χ1v) is 3.72. The topological polar surface area (TPSA) is 70.0 Å². The van der Waals surface area contributed by atoms with E-state index in [0.29, 0.717) is 0 Å². The van der Waals surface area contributed by atoms with Crippen LogP contribution in [0.25, 0.3) is 0 Å². The fourth-order valence-corrected chi connectivity index (χ4v) is 0.627. The Morgan fingerprint density at radius 1 is 1.50 bits per heavy atom. The summed E-state index contributed by atoms with van der Waals surface area (Å²) in [5.41, 5.74) is -5.34. The maximum Gasteiger partial charge on any atom is 1.00 e. The third kappa shape index (κ3) is 3.98. The minimum atomic E-state index is -5.34. The van der Waals surface area contributed by atoms with E-state index in [2.05, 4.69) is 0 Å². The van der Waals surface area contributed by atoms with Gasteiger partial charge < -0.3 is 1.43 Å². The predicted octanol–water partition coefficient (Wildman–Crippen LogP) is -2.93. The van der Waals surface area contributed by atoms with Gasteiger partial charge in [0.05, 0.1) is 12.6 Å². The van der Waals surface area contributed by atoms with E-state index in [1.54, 1.807) is 0 Å². The molecule has 0 radical (unpaired) electrons. The van der Waals surface area contributed by atoms with Gasteiger partial charge in [-0.15, -0.1) is 0 Å². The average molecular weight is 196 g/mol. The van der Waals surface area contributed by atoms with Crippen molar-refractivity contribution in [3.05, 3.63) is 0 Å². The second-order valence-corrected chi connectivity index (χ2v) is 3.19. The molecule has 0 aliphatic rings. The van der Waals surface area contributed by atoms with Crippen LogP contribution in [-0.2, 0) is 10.0 Å². The molecule has 0 atom stereocenters. The van der Waals surface area contributed by atoms with Crippen molar-refractivity contribution in [2.75, 3.05) is 6.54 Å². The van der Waals surface area contributed by atoms with Crippen LogP contribution < -0.4 is 23.6 Å². The molecule has 0 aliphatic heterocycles. The molecule has 0 unspecified atom stereocenters. The van der Waals surface area contributed by atoms with Gasteiger partial charge in [0.25, 0.3) is 0 Å². The quantitative estimate of drug-likeness (QED) is 0.379. The molecule has 0 fully saturated rings. The van der Waals surface area contributed by atoms with Crippen LogP contribution in [0, 0.1) is 11.3 Å². The zero-order chi connectivity index (χ0) is 9.12. The molecule has 0 aliphatic carbocycles. The van der Waals surface area contributed by atoms with Gasteiger partial charge in [0.2, 0.25) is 0 Å². The van der Waals surface area contributed by atoms with Gasteiger partial charge in [-0.1, -0.05) is 0 Å². The van der Waals surface area contributed by atoms with Crippen LogP contribution in [0.2, 0.25) is 0 Å². The Labute approximate surface area is 80.5 Å². The van der Waals surface area contributed by atoms with E-state index in [1.165, 1.54) is 6.07 Å². The van der Waals surface area contributed by atoms with Gasteiger partial charge in [-0.2, -0.15) is 23.2 Å². The number of nitrogens with one attached hydrogen (secondary N) is 1. The summed E-state index contributed by atoms with van der Waals surface area (Å²) in [6.07, 6.45) is 0. The van der Waals surface area contributed by atoms with Gasteiger partial charge in [-0.3, -0.25) is 0 Å². The first kappa shape index (κ1) is 14.3. The van der Waals surface area contributed by atoms with E-state index in [-0.39, 0.29) is 20.3 Å². The number of sulfonamides is 1. The van der Waals surface area contributed by atoms with E-state index in [0.717, 1.165) is 4.72 Å². The van der Waals surface area contributed by atoms with E-state index >= 15 is 0 Å². The number of halogens is 3. The van der Waals surface area contributed by atoms with Crippen LogP contribution >= 0.6 is 0 Å². The summed E-state index contributed by atoms with van der Waals surface area (Å²) < 4.78 is 55.3. The molecule has 1 N–H and O–H groups in total. The van der Waals surface area contributed by atoms with Crippen molar-refractivity contribution >= 4 is 10.0 Å². The summed E-state index contributed by atoms with van der Waals surface area (Å²) in [5, 5.41) is 7.75. The summed E-state index contributed by atoms with van der Waals surface area (Å²) in [5.74, 6) is 0. The molecule has 0 heterocycles. The number of alkyl halides is 3. The summed E-state index contributed by atoms with van der Waals surface area (Å²) in [7, 11) is -5.33. The number of nitriles is 1. The molecule has 9 heteroatoms. The zero-order valence-corrected chi connectivity index (χ0v) is 6.83. The minimum absolute atomic E-state index is 0. The van der Waals surface area contributed by atoms with Crippen LogP contribution in [-0.4, -0.2) is 20.5 Å². The second kappa shape index (κ2) is 4.73. The van der Waals surface area contributed by atoms with Crippen LogP contribution in [0.3, 0.4) is 0 Å². The van der Waals surface area contributed by atoms with Gasteiger partial charge in [-0.25, -0.2) is 8.42 Å². The van der Waals surface area contributed by atoms with Gasteiger partial charge in [-0.05, 0) is 0 Å². The zero-order valence-electron chi connectivity index (χ0n) is 7.01. The van der Waals surface area contributed by atoms with Crippen LogP contribution in [0.4, 0.5) is 13.2 Å². The van der Waals surface area contributed by atoms with Crippen LogP contribution in [0.1, 0.15) is 1.43 Å². The fraction of sp³-hybridized carbons (Fsp3) is 0.667. The fourth-order valence-electron chi connectivity index (χ4n) is 0.209. The molecule has 0 rings (SSSR count). The normalized spacial score (nSPS) is 11.5. The van der Waals surface area contributed by atoms with Gasteiger partial charge in [0.15, 0.2) is 0 Å². The van der Waals surface area contributed by atoms with E-state index in [1.807, 2.05) is 0 Å². The standard InChI is InChI=1S/C3H3F3N2O2S.Li.H/c4-3(5,6)11(9,10)8-2-1-7;;/h8H,2H2;;/q;+1;-1. The summed E-state index contributed by atoms with van der Waals surface area (Å²) in [6, 6.07) is 1.21. The van der Waals surface area contributed by atoms with Crippen LogP contribution in [0.5, 0.6) is 0 Å². The van der Waals surface area contributed by atoms with E-state index < -0.39 is 22.1 Å². The average Bonchev–Trinajstić information content (AvgIpc) is 1.81. The number of hydrogen-bond donors (Lipinski definition) is 1. The molecular formula is C3H4F3LiN2O2S. The van der Waals surface area contributed by atoms with Crippen LogP contribution in [0.15, 0.2) is 0 Å². The first-order chi connectivity index (χ1) is 4.81. The number of nitrogens with zero attached hydrogens (tertiary/aromatic N) is 1. The van der Waals surface area contributed by atoms with Crippen molar-refractivity contribution in [3.63, 3.8) is 0 Å². The SMILES string of the molecule is N#CCNS(=O)(=O)C(F)(F)F.[H-].[Li+]. The van der Waals surface area contributed by atoms with Gasteiger partial charge in [0.1, 0.15) is 0 Å². The Balaban J connectivity index is -0.000000500. The summed E-state index contributed by atoms with van der Waals surface area (Å²) in [6.45, 7) is -0.887. The van der Waals surface area contributed by atoms with Gasteiger partial charge >= 0.3 is 34.4 Å². The smallest absolute Gasteiger partial charge is 1.00 e. The molecule has 12 heavy (non-hydrogen) atoms. The third-order valence-electron chi connectivity index (χ3n) is 0.646. The van der Waals surface area contributed by atoms with E-state index in [4.69, 9.17) is 5.26 Å². The summed E-state index contributed by atoms with van der Waals surface area (Å²) >= 11 is 0. The third-order valence-corrected chi connectivity index (χ3v) is 1.78. The Kier molecular flexibility index (Phi) is 5.64. The predicted molar refractivity (Wildman–Crippen MR) is 29.7 cm³/mol. The van der Waals surface area contributed by atoms with Crippen molar-refractivity contribution in [3.8, 4) is 6.07 Å². The molecule has 0 spiro atoms. The second-order valence-electron chi connectivity index (χ2n) is 1.43. The Hall–Kier alpha value is -0.213. The molecule has 4 nitrogen and oxygen atoms in total. The number of rotatable bonds is 2. The molecule has 0 aromatic rings. The Bertz CT molecular complexity index is 271. The Morgan fingerprint density at radius 2 is 1.92 bits per heavy atom. The largest absolute Gasteiger partial charge is 1.00 e. The van der Waals surface area contributed by atoms with Crippen molar-refractivity contribution in [1.29, 1.82) is 5.26 Å². The molecule has 0 aromatic heterocycles. The molecular weight excluding hydrogens is 192 g/mol.